The predicted octanol–water partition coefficient (Wildman–Crippen LogP) is 1.38. The Kier molecular flexibility index (Phi) is 5.39. The molecule has 1 aliphatic carbocycles. The van der Waals surface area contributed by atoms with Crippen LogP contribution >= 0.6 is 0 Å². The van der Waals surface area contributed by atoms with Crippen molar-refractivity contribution >= 4 is 23.5 Å². The zero-order valence-electron chi connectivity index (χ0n) is 13.9. The second kappa shape index (κ2) is 7.29. The smallest absolute Gasteiger partial charge is 0.339 e. The summed E-state index contributed by atoms with van der Waals surface area (Å²) < 4.78 is 4.69. The van der Waals surface area contributed by atoms with Gasteiger partial charge in [0.2, 0.25) is 5.91 Å². The largest absolute Gasteiger partial charge is 0.550 e. The molecule has 0 aromatic heterocycles. The van der Waals surface area contributed by atoms with Crippen LogP contribution in [0.5, 0.6) is 0 Å². The van der Waals surface area contributed by atoms with Crippen molar-refractivity contribution in [3.63, 3.8) is 0 Å². The van der Waals surface area contributed by atoms with E-state index in [0.717, 1.165) is 5.57 Å². The van der Waals surface area contributed by atoms with E-state index in [1.165, 1.54) is 13.2 Å². The number of nitrogens with one attached hydrogen (secondary N) is 1. The van der Waals surface area contributed by atoms with Crippen molar-refractivity contribution in [3.05, 3.63) is 41.5 Å². The number of carbonyl (C=O) groups is 3. The van der Waals surface area contributed by atoms with Crippen molar-refractivity contribution < 1.29 is 24.2 Å². The lowest BCUT2D eigenvalue weighted by Crippen LogP contribution is -2.45. The summed E-state index contributed by atoms with van der Waals surface area (Å²) in [6, 6.07) is 6.44. The van der Waals surface area contributed by atoms with Crippen molar-refractivity contribution in [3.8, 4) is 0 Å². The molecular formula is C18H20NO5-. The molecule has 6 nitrogen and oxygen atoms in total. The van der Waals surface area contributed by atoms with Gasteiger partial charge in [0.25, 0.3) is 0 Å². The van der Waals surface area contributed by atoms with Gasteiger partial charge in [-0.1, -0.05) is 30.7 Å². The Bertz CT molecular complexity index is 694. The SMILES string of the molecule is COC(=O)c1ccccc1NC(=O)[C@@H]1CC(C)=C[C@@H](C)[C@@H]1C(=O)[O-]. The normalized spacial score (nSPS) is 23.1. The third-order valence-corrected chi connectivity index (χ3v) is 4.29. The van der Waals surface area contributed by atoms with E-state index < -0.39 is 29.7 Å². The fraction of sp³-hybridized carbons (Fsp3) is 0.389. The molecule has 0 aliphatic heterocycles. The lowest BCUT2D eigenvalue weighted by Gasteiger charge is -2.35. The molecule has 1 amide bonds. The standard InChI is InChI=1S/C18H21NO5/c1-10-8-11(2)15(17(21)22)13(9-10)16(20)19-14-7-5-4-6-12(14)18(23)24-3/h4-8,11,13,15H,9H2,1-3H3,(H,19,20)(H,21,22)/p-1/t11-,13-,15+/m1/s1. The molecule has 6 heteroatoms. The molecule has 0 saturated carbocycles. The van der Waals surface area contributed by atoms with E-state index in [-0.39, 0.29) is 11.5 Å². The van der Waals surface area contributed by atoms with Crippen LogP contribution in [0.15, 0.2) is 35.9 Å². The number of hydrogen-bond donors (Lipinski definition) is 1. The average molecular weight is 330 g/mol. The van der Waals surface area contributed by atoms with Crippen LogP contribution in [0.1, 0.15) is 30.6 Å². The number of anilines is 1. The number of methoxy groups -OCH3 is 1. The Balaban J connectivity index is 2.28. The van der Waals surface area contributed by atoms with E-state index in [1.807, 2.05) is 13.0 Å². The van der Waals surface area contributed by atoms with Gasteiger partial charge in [-0.3, -0.25) is 4.79 Å². The first kappa shape index (κ1) is 17.7. The Labute approximate surface area is 140 Å². The van der Waals surface area contributed by atoms with E-state index in [2.05, 4.69) is 5.32 Å². The summed E-state index contributed by atoms with van der Waals surface area (Å²) in [4.78, 5) is 35.9. The van der Waals surface area contributed by atoms with Crippen LogP contribution in [0, 0.1) is 17.8 Å². The molecule has 0 spiro atoms. The van der Waals surface area contributed by atoms with Crippen molar-refractivity contribution in [2.75, 3.05) is 12.4 Å². The fourth-order valence-electron chi connectivity index (χ4n) is 3.20. The molecule has 0 saturated heterocycles. The number of ether oxygens (including phenoxy) is 1. The highest BCUT2D eigenvalue weighted by atomic mass is 16.5. The molecule has 1 aromatic rings. The maximum atomic E-state index is 12.7. The number of hydrogen-bond acceptors (Lipinski definition) is 5. The number of esters is 1. The number of carbonyl (C=O) groups excluding carboxylic acids is 3. The Morgan fingerprint density at radius 3 is 2.54 bits per heavy atom. The van der Waals surface area contributed by atoms with Crippen molar-refractivity contribution in [1.82, 2.24) is 0 Å². The predicted molar refractivity (Wildman–Crippen MR) is 85.9 cm³/mol. The minimum atomic E-state index is -1.24. The Hall–Kier alpha value is -2.63. The van der Waals surface area contributed by atoms with Crippen LogP contribution in [-0.4, -0.2) is 25.0 Å². The summed E-state index contributed by atoms with van der Waals surface area (Å²) in [5.41, 5.74) is 1.47. The van der Waals surface area contributed by atoms with E-state index >= 15 is 0 Å². The number of para-hydroxylation sites is 1. The molecule has 128 valence electrons. The van der Waals surface area contributed by atoms with Crippen LogP contribution in [0.4, 0.5) is 5.69 Å². The molecule has 0 radical (unpaired) electrons. The zero-order chi connectivity index (χ0) is 17.9. The summed E-state index contributed by atoms with van der Waals surface area (Å²) in [5, 5.41) is 14.1. The van der Waals surface area contributed by atoms with E-state index in [1.54, 1.807) is 25.1 Å². The van der Waals surface area contributed by atoms with Crippen LogP contribution < -0.4 is 10.4 Å². The lowest BCUT2D eigenvalue weighted by atomic mass is 9.73. The van der Waals surface area contributed by atoms with Crippen LogP contribution in [0.3, 0.4) is 0 Å². The van der Waals surface area contributed by atoms with Crippen molar-refractivity contribution in [1.29, 1.82) is 0 Å². The van der Waals surface area contributed by atoms with Gasteiger partial charge in [0, 0.05) is 11.9 Å². The van der Waals surface area contributed by atoms with Crippen molar-refractivity contribution in [2.24, 2.45) is 17.8 Å². The number of allylic oxidation sites excluding steroid dienone is 2. The number of aliphatic carboxylic acids is 1. The summed E-state index contributed by atoms with van der Waals surface area (Å²) >= 11 is 0. The minimum Gasteiger partial charge on any atom is -0.550 e. The van der Waals surface area contributed by atoms with Gasteiger partial charge in [-0.15, -0.1) is 0 Å². The maximum Gasteiger partial charge on any atom is 0.339 e. The molecule has 1 aromatic carbocycles. The second-order valence-electron chi connectivity index (χ2n) is 6.05. The van der Waals surface area contributed by atoms with Gasteiger partial charge >= 0.3 is 5.97 Å². The highest BCUT2D eigenvalue weighted by Gasteiger charge is 2.36. The monoisotopic (exact) mass is 330 g/mol. The number of rotatable bonds is 4. The molecular weight excluding hydrogens is 310 g/mol. The molecule has 3 atom stereocenters. The molecule has 0 bridgehead atoms. The van der Waals surface area contributed by atoms with Gasteiger partial charge in [0.15, 0.2) is 0 Å². The van der Waals surface area contributed by atoms with E-state index in [9.17, 15) is 19.5 Å². The Morgan fingerprint density at radius 2 is 1.92 bits per heavy atom. The first-order valence-corrected chi connectivity index (χ1v) is 7.71. The third kappa shape index (κ3) is 3.64. The first-order valence-electron chi connectivity index (χ1n) is 7.71. The zero-order valence-corrected chi connectivity index (χ0v) is 13.9. The minimum absolute atomic E-state index is 0.217. The van der Waals surface area contributed by atoms with Gasteiger partial charge in [0.1, 0.15) is 0 Å². The maximum absolute atomic E-state index is 12.7. The quantitative estimate of drug-likeness (QED) is 0.665. The van der Waals surface area contributed by atoms with Gasteiger partial charge in [-0.25, -0.2) is 4.79 Å². The number of amides is 1. The Morgan fingerprint density at radius 1 is 1.25 bits per heavy atom. The molecule has 0 unspecified atom stereocenters. The topological polar surface area (TPSA) is 95.5 Å². The highest BCUT2D eigenvalue weighted by molar-refractivity contribution is 6.02. The molecule has 1 aliphatic rings. The summed E-state index contributed by atoms with van der Waals surface area (Å²) in [6.07, 6.45) is 2.20. The number of carboxylic acid groups (broad SMARTS) is 1. The van der Waals surface area contributed by atoms with Crippen LogP contribution in [0.25, 0.3) is 0 Å². The van der Waals surface area contributed by atoms with E-state index in [4.69, 9.17) is 4.74 Å². The third-order valence-electron chi connectivity index (χ3n) is 4.29. The molecule has 24 heavy (non-hydrogen) atoms. The van der Waals surface area contributed by atoms with E-state index in [0.29, 0.717) is 12.1 Å². The van der Waals surface area contributed by atoms with Gasteiger partial charge < -0.3 is 20.0 Å². The fourth-order valence-corrected chi connectivity index (χ4v) is 3.20. The first-order chi connectivity index (χ1) is 11.3. The molecule has 0 heterocycles. The van der Waals surface area contributed by atoms with Gasteiger partial charge in [0.05, 0.1) is 24.3 Å². The van der Waals surface area contributed by atoms with Gasteiger partial charge in [-0.05, 0) is 31.4 Å². The summed E-state index contributed by atoms with van der Waals surface area (Å²) in [6.45, 7) is 3.62. The molecule has 1 N–H and O–H groups in total. The van der Waals surface area contributed by atoms with Crippen LogP contribution in [-0.2, 0) is 14.3 Å². The number of benzene rings is 1. The summed E-state index contributed by atoms with van der Waals surface area (Å²) in [5.74, 6) is -4.21. The molecule has 2 rings (SSSR count). The van der Waals surface area contributed by atoms with Gasteiger partial charge in [-0.2, -0.15) is 0 Å². The highest BCUT2D eigenvalue weighted by Crippen LogP contribution is 2.34. The average Bonchev–Trinajstić information content (AvgIpc) is 2.53. The van der Waals surface area contributed by atoms with Crippen LogP contribution in [0.2, 0.25) is 0 Å². The molecule has 0 fully saturated rings. The lowest BCUT2D eigenvalue weighted by molar-refractivity contribution is -0.314. The summed E-state index contributed by atoms with van der Waals surface area (Å²) in [7, 11) is 1.25. The number of carboxylic acids is 1. The second-order valence-corrected chi connectivity index (χ2v) is 6.05. The van der Waals surface area contributed by atoms with Crippen molar-refractivity contribution in [2.45, 2.75) is 20.3 Å².